The van der Waals surface area contributed by atoms with Crippen molar-refractivity contribution in [2.75, 3.05) is 24.4 Å². The van der Waals surface area contributed by atoms with E-state index >= 15 is 0 Å². The number of carbonyl (C=O) groups is 2. The quantitative estimate of drug-likeness (QED) is 0.810. The van der Waals surface area contributed by atoms with E-state index in [1.807, 2.05) is 24.3 Å². The van der Waals surface area contributed by atoms with Crippen LogP contribution in [0.15, 0.2) is 42.5 Å². The molecule has 0 spiro atoms. The van der Waals surface area contributed by atoms with E-state index in [0.29, 0.717) is 22.9 Å². The summed E-state index contributed by atoms with van der Waals surface area (Å²) in [7, 11) is 1.51. The van der Waals surface area contributed by atoms with Gasteiger partial charge < -0.3 is 20.1 Å². The number of amides is 2. The maximum Gasteiger partial charge on any atom is 0.262 e. The van der Waals surface area contributed by atoms with Crippen molar-refractivity contribution in [1.82, 2.24) is 0 Å². The van der Waals surface area contributed by atoms with Gasteiger partial charge in [0.2, 0.25) is 5.91 Å². The monoisotopic (exact) mass is 342 g/mol. The fourth-order valence-electron chi connectivity index (χ4n) is 2.24. The summed E-state index contributed by atoms with van der Waals surface area (Å²) >= 11 is 0. The van der Waals surface area contributed by atoms with Crippen molar-refractivity contribution in [1.29, 1.82) is 0 Å². The number of aryl methyl sites for hydroxylation is 1. The van der Waals surface area contributed by atoms with Crippen molar-refractivity contribution >= 4 is 23.2 Å². The second kappa shape index (κ2) is 8.73. The van der Waals surface area contributed by atoms with Gasteiger partial charge in [0.05, 0.1) is 12.8 Å². The Balaban J connectivity index is 1.99. The number of rotatable bonds is 7. The van der Waals surface area contributed by atoms with Crippen molar-refractivity contribution < 1.29 is 19.1 Å². The molecule has 2 rings (SSSR count). The van der Waals surface area contributed by atoms with E-state index < -0.39 is 0 Å². The summed E-state index contributed by atoms with van der Waals surface area (Å²) < 4.78 is 10.7. The maximum atomic E-state index is 12.1. The van der Waals surface area contributed by atoms with Crippen molar-refractivity contribution in [3.63, 3.8) is 0 Å². The predicted molar refractivity (Wildman–Crippen MR) is 97.2 cm³/mol. The zero-order chi connectivity index (χ0) is 18.2. The normalized spacial score (nSPS) is 10.0. The van der Waals surface area contributed by atoms with Crippen LogP contribution in [0.3, 0.4) is 0 Å². The zero-order valence-corrected chi connectivity index (χ0v) is 14.6. The fraction of sp³-hybridized carbons (Fsp3) is 0.263. The van der Waals surface area contributed by atoms with Gasteiger partial charge in [0, 0.05) is 12.6 Å². The molecule has 2 aromatic rings. The Morgan fingerprint density at radius 1 is 1.04 bits per heavy atom. The van der Waals surface area contributed by atoms with Crippen LogP contribution >= 0.6 is 0 Å². The number of nitrogens with one attached hydrogen (secondary N) is 2. The minimum absolute atomic E-state index is 0.126. The molecule has 0 aliphatic heterocycles. The van der Waals surface area contributed by atoms with Crippen LogP contribution in [0.4, 0.5) is 11.4 Å². The molecule has 6 nitrogen and oxygen atoms in total. The number of ether oxygens (including phenoxy) is 2. The van der Waals surface area contributed by atoms with Crippen LogP contribution in [-0.2, 0) is 16.0 Å². The summed E-state index contributed by atoms with van der Waals surface area (Å²) in [5, 5.41) is 5.39. The molecule has 0 fully saturated rings. The molecule has 0 radical (unpaired) electrons. The van der Waals surface area contributed by atoms with Crippen LogP contribution in [0, 0.1) is 0 Å². The van der Waals surface area contributed by atoms with Crippen molar-refractivity contribution in [3.05, 3.63) is 48.0 Å². The standard InChI is InChI=1S/C19H22N2O4/c1-4-14-5-8-16(9-6-14)25-12-19(23)21-17-11-15(20-13(2)22)7-10-18(17)24-3/h5-11H,4,12H2,1-3H3,(H,20,22)(H,21,23). The fourth-order valence-corrected chi connectivity index (χ4v) is 2.24. The molecule has 132 valence electrons. The molecule has 0 aliphatic carbocycles. The molecule has 25 heavy (non-hydrogen) atoms. The summed E-state index contributed by atoms with van der Waals surface area (Å²) in [4.78, 5) is 23.3. The number of anilines is 2. The molecule has 0 saturated heterocycles. The van der Waals surface area contributed by atoms with Crippen LogP contribution in [0.1, 0.15) is 19.4 Å². The van der Waals surface area contributed by atoms with E-state index in [2.05, 4.69) is 17.6 Å². The third-order valence-corrected chi connectivity index (χ3v) is 3.50. The SMILES string of the molecule is CCc1ccc(OCC(=O)Nc2cc(NC(C)=O)ccc2OC)cc1. The van der Waals surface area contributed by atoms with Gasteiger partial charge in [-0.15, -0.1) is 0 Å². The molecule has 2 N–H and O–H groups in total. The molecule has 0 saturated carbocycles. The zero-order valence-electron chi connectivity index (χ0n) is 14.6. The molecule has 0 atom stereocenters. The third kappa shape index (κ3) is 5.53. The van der Waals surface area contributed by atoms with Gasteiger partial charge in [-0.05, 0) is 42.3 Å². The van der Waals surface area contributed by atoms with Crippen molar-refractivity contribution in [2.24, 2.45) is 0 Å². The molecule has 0 unspecified atom stereocenters. The molecule has 0 aliphatic rings. The largest absolute Gasteiger partial charge is 0.495 e. The first-order chi connectivity index (χ1) is 12.0. The highest BCUT2D eigenvalue weighted by Gasteiger charge is 2.10. The van der Waals surface area contributed by atoms with Gasteiger partial charge in [-0.1, -0.05) is 19.1 Å². The van der Waals surface area contributed by atoms with Crippen molar-refractivity contribution in [2.45, 2.75) is 20.3 Å². The van der Waals surface area contributed by atoms with Gasteiger partial charge in [0.15, 0.2) is 6.61 Å². The van der Waals surface area contributed by atoms with E-state index in [4.69, 9.17) is 9.47 Å². The van der Waals surface area contributed by atoms with Crippen LogP contribution in [0.5, 0.6) is 11.5 Å². The molecule has 0 aromatic heterocycles. The Hall–Kier alpha value is -3.02. The van der Waals surface area contributed by atoms with E-state index in [0.717, 1.165) is 6.42 Å². The third-order valence-electron chi connectivity index (χ3n) is 3.50. The van der Waals surface area contributed by atoms with Crippen LogP contribution in [-0.4, -0.2) is 25.5 Å². The number of methoxy groups -OCH3 is 1. The Morgan fingerprint density at radius 2 is 1.76 bits per heavy atom. The lowest BCUT2D eigenvalue weighted by Crippen LogP contribution is -2.20. The van der Waals surface area contributed by atoms with Crippen LogP contribution in [0.2, 0.25) is 0 Å². The van der Waals surface area contributed by atoms with Gasteiger partial charge >= 0.3 is 0 Å². The lowest BCUT2D eigenvalue weighted by atomic mass is 10.2. The van der Waals surface area contributed by atoms with E-state index in [9.17, 15) is 9.59 Å². The summed E-state index contributed by atoms with van der Waals surface area (Å²) in [6.45, 7) is 3.37. The average Bonchev–Trinajstić information content (AvgIpc) is 2.60. The Morgan fingerprint density at radius 3 is 2.36 bits per heavy atom. The summed E-state index contributed by atoms with van der Waals surface area (Å²) in [6.07, 6.45) is 0.950. The lowest BCUT2D eigenvalue weighted by Gasteiger charge is -2.13. The summed E-state index contributed by atoms with van der Waals surface area (Å²) in [5.41, 5.74) is 2.24. The number of hydrogen-bond donors (Lipinski definition) is 2. The Labute approximate surface area is 147 Å². The van der Waals surface area contributed by atoms with Gasteiger partial charge in [0.25, 0.3) is 5.91 Å². The highest BCUT2D eigenvalue weighted by Crippen LogP contribution is 2.27. The highest BCUT2D eigenvalue weighted by atomic mass is 16.5. The molecule has 2 aromatic carbocycles. The molecule has 0 bridgehead atoms. The minimum Gasteiger partial charge on any atom is -0.495 e. The van der Waals surface area contributed by atoms with Crippen molar-refractivity contribution in [3.8, 4) is 11.5 Å². The molecule has 2 amide bonds. The smallest absolute Gasteiger partial charge is 0.262 e. The Bertz CT molecular complexity index is 742. The minimum atomic E-state index is -0.321. The van der Waals surface area contributed by atoms with E-state index in [-0.39, 0.29) is 18.4 Å². The maximum absolute atomic E-state index is 12.1. The summed E-state index contributed by atoms with van der Waals surface area (Å²) in [6, 6.07) is 12.6. The number of benzene rings is 2. The first-order valence-corrected chi connectivity index (χ1v) is 7.99. The molecular weight excluding hydrogens is 320 g/mol. The number of carbonyl (C=O) groups excluding carboxylic acids is 2. The first kappa shape index (κ1) is 18.3. The van der Waals surface area contributed by atoms with E-state index in [1.54, 1.807) is 18.2 Å². The van der Waals surface area contributed by atoms with Gasteiger partial charge in [-0.3, -0.25) is 9.59 Å². The second-order valence-electron chi connectivity index (χ2n) is 5.43. The molecule has 0 heterocycles. The average molecular weight is 342 g/mol. The van der Waals surface area contributed by atoms with Gasteiger partial charge in [0.1, 0.15) is 11.5 Å². The van der Waals surface area contributed by atoms with Crippen LogP contribution < -0.4 is 20.1 Å². The molecule has 6 heteroatoms. The second-order valence-corrected chi connectivity index (χ2v) is 5.43. The van der Waals surface area contributed by atoms with E-state index in [1.165, 1.54) is 19.6 Å². The van der Waals surface area contributed by atoms with Gasteiger partial charge in [-0.25, -0.2) is 0 Å². The topological polar surface area (TPSA) is 76.7 Å². The highest BCUT2D eigenvalue weighted by molar-refractivity contribution is 5.95. The Kier molecular flexibility index (Phi) is 6.39. The number of hydrogen-bond acceptors (Lipinski definition) is 4. The molecular formula is C19H22N2O4. The first-order valence-electron chi connectivity index (χ1n) is 7.99. The summed E-state index contributed by atoms with van der Waals surface area (Å²) in [5.74, 6) is 0.611. The predicted octanol–water partition coefficient (Wildman–Crippen LogP) is 3.23. The lowest BCUT2D eigenvalue weighted by molar-refractivity contribution is -0.118. The van der Waals surface area contributed by atoms with Gasteiger partial charge in [-0.2, -0.15) is 0 Å². The van der Waals surface area contributed by atoms with Crippen LogP contribution in [0.25, 0.3) is 0 Å².